The number of esters is 1. The monoisotopic (exact) mass is 210 g/mol. The summed E-state index contributed by atoms with van der Waals surface area (Å²) in [4.78, 5) is 11.6. The SMILES string of the molecule is CCOC(=O)C(C)=C1CCC(C)CC1C. The van der Waals surface area contributed by atoms with Gasteiger partial charge in [-0.1, -0.05) is 19.4 Å². The molecule has 1 saturated carbocycles. The Morgan fingerprint density at radius 1 is 1.47 bits per heavy atom. The maximum absolute atomic E-state index is 11.6. The number of hydrogen-bond donors (Lipinski definition) is 0. The third kappa shape index (κ3) is 3.08. The van der Waals surface area contributed by atoms with Crippen molar-refractivity contribution in [3.05, 3.63) is 11.1 Å². The smallest absolute Gasteiger partial charge is 0.333 e. The van der Waals surface area contributed by atoms with Gasteiger partial charge in [-0.15, -0.1) is 0 Å². The van der Waals surface area contributed by atoms with Crippen molar-refractivity contribution in [1.82, 2.24) is 0 Å². The third-order valence-electron chi connectivity index (χ3n) is 3.32. The van der Waals surface area contributed by atoms with Crippen LogP contribution in [0.25, 0.3) is 0 Å². The van der Waals surface area contributed by atoms with E-state index < -0.39 is 0 Å². The molecule has 0 N–H and O–H groups in total. The molecule has 2 unspecified atom stereocenters. The van der Waals surface area contributed by atoms with Crippen LogP contribution in [-0.2, 0) is 9.53 Å². The number of allylic oxidation sites excluding steroid dienone is 1. The molecule has 1 rings (SSSR count). The number of rotatable bonds is 2. The number of ether oxygens (including phenoxy) is 1. The maximum atomic E-state index is 11.6. The fourth-order valence-corrected chi connectivity index (χ4v) is 2.44. The van der Waals surface area contributed by atoms with Crippen molar-refractivity contribution in [2.45, 2.75) is 47.0 Å². The molecule has 0 bridgehead atoms. The molecular weight excluding hydrogens is 188 g/mol. The summed E-state index contributed by atoms with van der Waals surface area (Å²) in [6.07, 6.45) is 3.47. The van der Waals surface area contributed by atoms with Crippen molar-refractivity contribution in [2.75, 3.05) is 6.61 Å². The lowest BCUT2D eigenvalue weighted by atomic mass is 9.78. The van der Waals surface area contributed by atoms with Crippen LogP contribution in [0.1, 0.15) is 47.0 Å². The van der Waals surface area contributed by atoms with Gasteiger partial charge >= 0.3 is 5.97 Å². The van der Waals surface area contributed by atoms with Gasteiger partial charge < -0.3 is 4.74 Å². The fourth-order valence-electron chi connectivity index (χ4n) is 2.44. The van der Waals surface area contributed by atoms with Crippen molar-refractivity contribution in [3.63, 3.8) is 0 Å². The molecule has 15 heavy (non-hydrogen) atoms. The van der Waals surface area contributed by atoms with Gasteiger partial charge in [0.1, 0.15) is 0 Å². The van der Waals surface area contributed by atoms with Crippen LogP contribution < -0.4 is 0 Å². The highest BCUT2D eigenvalue weighted by Gasteiger charge is 2.23. The number of carbonyl (C=O) groups excluding carboxylic acids is 1. The van der Waals surface area contributed by atoms with E-state index in [0.29, 0.717) is 12.5 Å². The molecule has 1 fully saturated rings. The number of hydrogen-bond acceptors (Lipinski definition) is 2. The van der Waals surface area contributed by atoms with Crippen LogP contribution in [0.15, 0.2) is 11.1 Å². The largest absolute Gasteiger partial charge is 0.463 e. The topological polar surface area (TPSA) is 26.3 Å². The summed E-state index contributed by atoms with van der Waals surface area (Å²) >= 11 is 0. The molecule has 2 atom stereocenters. The Balaban J connectivity index is 2.75. The summed E-state index contributed by atoms with van der Waals surface area (Å²) in [6.45, 7) is 8.72. The summed E-state index contributed by atoms with van der Waals surface area (Å²) in [5.74, 6) is 1.20. The van der Waals surface area contributed by atoms with Gasteiger partial charge in [-0.05, 0) is 44.9 Å². The van der Waals surface area contributed by atoms with Gasteiger partial charge in [0.2, 0.25) is 0 Å². The predicted molar refractivity (Wildman–Crippen MR) is 61.5 cm³/mol. The van der Waals surface area contributed by atoms with E-state index in [1.807, 2.05) is 13.8 Å². The first-order valence-corrected chi connectivity index (χ1v) is 5.93. The molecule has 0 heterocycles. The second-order valence-corrected chi connectivity index (χ2v) is 4.65. The second-order valence-electron chi connectivity index (χ2n) is 4.65. The third-order valence-corrected chi connectivity index (χ3v) is 3.32. The molecular formula is C13H22O2. The Morgan fingerprint density at radius 2 is 2.13 bits per heavy atom. The normalized spacial score (nSPS) is 29.9. The van der Waals surface area contributed by atoms with Gasteiger partial charge in [0, 0.05) is 5.57 Å². The fraction of sp³-hybridized carbons (Fsp3) is 0.769. The van der Waals surface area contributed by atoms with E-state index in [1.54, 1.807) is 0 Å². The van der Waals surface area contributed by atoms with E-state index in [0.717, 1.165) is 17.9 Å². The summed E-state index contributed by atoms with van der Waals surface area (Å²) in [5.41, 5.74) is 2.16. The van der Waals surface area contributed by atoms with Crippen LogP contribution in [0.4, 0.5) is 0 Å². The van der Waals surface area contributed by atoms with Crippen molar-refractivity contribution in [2.24, 2.45) is 11.8 Å². The molecule has 2 heteroatoms. The van der Waals surface area contributed by atoms with Crippen LogP contribution in [-0.4, -0.2) is 12.6 Å². The first-order valence-electron chi connectivity index (χ1n) is 5.93. The molecule has 0 saturated heterocycles. The van der Waals surface area contributed by atoms with Crippen molar-refractivity contribution in [3.8, 4) is 0 Å². The van der Waals surface area contributed by atoms with Crippen molar-refractivity contribution in [1.29, 1.82) is 0 Å². The lowest BCUT2D eigenvalue weighted by molar-refractivity contribution is -0.138. The zero-order chi connectivity index (χ0) is 11.4. The molecule has 0 aromatic heterocycles. The van der Waals surface area contributed by atoms with E-state index in [4.69, 9.17) is 4.74 Å². The Hall–Kier alpha value is -0.790. The highest BCUT2D eigenvalue weighted by Crippen LogP contribution is 2.34. The van der Waals surface area contributed by atoms with E-state index >= 15 is 0 Å². The van der Waals surface area contributed by atoms with Gasteiger partial charge in [-0.3, -0.25) is 0 Å². The minimum Gasteiger partial charge on any atom is -0.463 e. The molecule has 0 spiro atoms. The predicted octanol–water partition coefficient (Wildman–Crippen LogP) is 3.32. The van der Waals surface area contributed by atoms with E-state index in [1.165, 1.54) is 18.4 Å². The molecule has 0 radical (unpaired) electrons. The average Bonchev–Trinajstić information content (AvgIpc) is 2.17. The molecule has 0 aliphatic heterocycles. The highest BCUT2D eigenvalue weighted by atomic mass is 16.5. The molecule has 0 aromatic carbocycles. The van der Waals surface area contributed by atoms with Gasteiger partial charge in [0.05, 0.1) is 6.61 Å². The summed E-state index contributed by atoms with van der Waals surface area (Å²) in [6, 6.07) is 0. The van der Waals surface area contributed by atoms with Crippen LogP contribution in [0, 0.1) is 11.8 Å². The second kappa shape index (κ2) is 5.34. The van der Waals surface area contributed by atoms with Crippen molar-refractivity contribution < 1.29 is 9.53 Å². The summed E-state index contributed by atoms with van der Waals surface area (Å²) < 4.78 is 5.04. The summed E-state index contributed by atoms with van der Waals surface area (Å²) in [5, 5.41) is 0. The molecule has 1 aliphatic carbocycles. The Bertz CT molecular complexity index is 266. The van der Waals surface area contributed by atoms with Gasteiger partial charge in [0.15, 0.2) is 0 Å². The maximum Gasteiger partial charge on any atom is 0.333 e. The summed E-state index contributed by atoms with van der Waals surface area (Å²) in [7, 11) is 0. The molecule has 0 amide bonds. The quantitative estimate of drug-likeness (QED) is 0.516. The van der Waals surface area contributed by atoms with Crippen LogP contribution in [0.2, 0.25) is 0 Å². The van der Waals surface area contributed by atoms with Crippen LogP contribution >= 0.6 is 0 Å². The molecule has 1 aliphatic rings. The molecule has 0 aromatic rings. The Kier molecular flexibility index (Phi) is 4.37. The molecule has 2 nitrogen and oxygen atoms in total. The van der Waals surface area contributed by atoms with Gasteiger partial charge in [0.25, 0.3) is 0 Å². The standard InChI is InChI=1S/C13H22O2/c1-5-15-13(14)11(4)12-7-6-9(2)8-10(12)3/h9-10H,5-8H2,1-4H3. The zero-order valence-electron chi connectivity index (χ0n) is 10.3. The highest BCUT2D eigenvalue weighted by molar-refractivity contribution is 5.88. The Labute approximate surface area is 92.7 Å². The van der Waals surface area contributed by atoms with Gasteiger partial charge in [-0.2, -0.15) is 0 Å². The van der Waals surface area contributed by atoms with Gasteiger partial charge in [-0.25, -0.2) is 4.79 Å². The average molecular weight is 210 g/mol. The van der Waals surface area contributed by atoms with Crippen LogP contribution in [0.5, 0.6) is 0 Å². The van der Waals surface area contributed by atoms with E-state index in [-0.39, 0.29) is 5.97 Å². The minimum atomic E-state index is -0.131. The van der Waals surface area contributed by atoms with Crippen LogP contribution in [0.3, 0.4) is 0 Å². The lowest BCUT2D eigenvalue weighted by Crippen LogP contribution is -2.18. The number of carbonyl (C=O) groups is 1. The lowest BCUT2D eigenvalue weighted by Gasteiger charge is -2.28. The van der Waals surface area contributed by atoms with E-state index in [9.17, 15) is 4.79 Å². The Morgan fingerprint density at radius 3 is 2.67 bits per heavy atom. The van der Waals surface area contributed by atoms with E-state index in [2.05, 4.69) is 13.8 Å². The minimum absolute atomic E-state index is 0.131. The first-order chi connectivity index (χ1) is 7.06. The first kappa shape index (κ1) is 12.3. The molecule has 86 valence electrons. The van der Waals surface area contributed by atoms with Crippen molar-refractivity contribution >= 4 is 5.97 Å². The zero-order valence-corrected chi connectivity index (χ0v) is 10.3.